The maximum Gasteiger partial charge on any atom is 0.242 e. The fourth-order valence-electron chi connectivity index (χ4n) is 2.80. The first-order valence-corrected chi connectivity index (χ1v) is 12.8. The first kappa shape index (κ1) is 26.0. The molecule has 2 aromatic rings. The van der Waals surface area contributed by atoms with Crippen LogP contribution in [0.2, 0.25) is 10.0 Å². The lowest BCUT2D eigenvalue weighted by molar-refractivity contribution is -0.138. The Bertz CT molecular complexity index is 896. The van der Waals surface area contributed by atoms with Crippen molar-refractivity contribution in [2.75, 3.05) is 5.75 Å². The average molecular weight is 546 g/mol. The van der Waals surface area contributed by atoms with E-state index in [4.69, 9.17) is 23.2 Å². The summed E-state index contributed by atoms with van der Waals surface area (Å²) in [7, 11) is 0. The summed E-state index contributed by atoms with van der Waals surface area (Å²) >= 11 is 17.3. The number of nitrogens with one attached hydrogen (secondary N) is 1. The van der Waals surface area contributed by atoms with Gasteiger partial charge in [0.2, 0.25) is 11.8 Å². The molecular formula is C23H27BrCl2N2O2S. The number of hydrogen-bond acceptors (Lipinski definition) is 3. The van der Waals surface area contributed by atoms with Gasteiger partial charge in [-0.05, 0) is 55.7 Å². The van der Waals surface area contributed by atoms with Gasteiger partial charge >= 0.3 is 0 Å². The quantitative estimate of drug-likeness (QED) is 0.380. The molecule has 0 spiro atoms. The van der Waals surface area contributed by atoms with Crippen molar-refractivity contribution in [3.8, 4) is 0 Å². The van der Waals surface area contributed by atoms with Gasteiger partial charge < -0.3 is 10.2 Å². The number of carbonyl (C=O) groups excluding carboxylic acids is 2. The van der Waals surface area contributed by atoms with Crippen LogP contribution in [-0.4, -0.2) is 34.6 Å². The molecule has 2 atom stereocenters. The number of thioether (sulfide) groups is 1. The standard InChI is InChI=1S/C23H27BrCl2N2O2S/c1-4-15(2)27-23(30)16(3)28(12-18-7-10-20(25)11-21(18)26)22(29)14-31-13-17-5-8-19(24)9-6-17/h5-11,15-16H,4,12-14H2,1-3H3,(H,27,30)/t15-,16+/m0/s1. The van der Waals surface area contributed by atoms with Crippen molar-refractivity contribution in [2.45, 2.75) is 51.6 Å². The molecule has 168 valence electrons. The fourth-order valence-corrected chi connectivity index (χ4v) is 4.40. The maximum atomic E-state index is 13.1. The van der Waals surface area contributed by atoms with Gasteiger partial charge in [-0.2, -0.15) is 0 Å². The highest BCUT2D eigenvalue weighted by atomic mass is 79.9. The van der Waals surface area contributed by atoms with Crippen LogP contribution < -0.4 is 5.32 Å². The lowest BCUT2D eigenvalue weighted by atomic mass is 10.1. The Labute approximate surface area is 207 Å². The molecule has 0 aliphatic heterocycles. The van der Waals surface area contributed by atoms with Crippen LogP contribution in [0.5, 0.6) is 0 Å². The Morgan fingerprint density at radius 2 is 1.81 bits per heavy atom. The van der Waals surface area contributed by atoms with E-state index in [0.29, 0.717) is 15.8 Å². The van der Waals surface area contributed by atoms with Crippen molar-refractivity contribution in [1.82, 2.24) is 10.2 Å². The third kappa shape index (κ3) is 8.33. The minimum absolute atomic E-state index is 0.0396. The Hall–Kier alpha value is -1.21. The zero-order valence-corrected chi connectivity index (χ0v) is 21.7. The zero-order valence-electron chi connectivity index (χ0n) is 17.8. The molecule has 1 N–H and O–H groups in total. The van der Waals surface area contributed by atoms with Gasteiger partial charge in [0, 0.05) is 32.9 Å². The molecule has 0 fully saturated rings. The summed E-state index contributed by atoms with van der Waals surface area (Å²) in [6.45, 7) is 5.94. The first-order chi connectivity index (χ1) is 14.7. The van der Waals surface area contributed by atoms with Gasteiger partial charge in [-0.15, -0.1) is 11.8 Å². The second kappa shape index (κ2) is 12.7. The van der Waals surface area contributed by atoms with Crippen LogP contribution in [0.25, 0.3) is 0 Å². The van der Waals surface area contributed by atoms with Crippen LogP contribution in [0.3, 0.4) is 0 Å². The summed E-state index contributed by atoms with van der Waals surface area (Å²) in [4.78, 5) is 27.4. The largest absolute Gasteiger partial charge is 0.352 e. The summed E-state index contributed by atoms with van der Waals surface area (Å²) in [6, 6.07) is 12.6. The highest BCUT2D eigenvalue weighted by Crippen LogP contribution is 2.24. The molecule has 0 bridgehead atoms. The fraction of sp³-hybridized carbons (Fsp3) is 0.391. The van der Waals surface area contributed by atoms with Gasteiger partial charge in [0.15, 0.2) is 0 Å². The Balaban J connectivity index is 2.11. The molecule has 0 radical (unpaired) electrons. The number of benzene rings is 2. The SMILES string of the molecule is CC[C@H](C)NC(=O)[C@@H](C)N(Cc1ccc(Cl)cc1Cl)C(=O)CSCc1ccc(Br)cc1. The van der Waals surface area contributed by atoms with Gasteiger partial charge in [-0.3, -0.25) is 9.59 Å². The van der Waals surface area contributed by atoms with E-state index in [0.717, 1.165) is 22.0 Å². The molecule has 31 heavy (non-hydrogen) atoms. The highest BCUT2D eigenvalue weighted by molar-refractivity contribution is 9.10. The molecule has 0 saturated heterocycles. The molecule has 0 saturated carbocycles. The van der Waals surface area contributed by atoms with E-state index >= 15 is 0 Å². The second-order valence-corrected chi connectivity index (χ2v) is 10.1. The van der Waals surface area contributed by atoms with E-state index in [-0.39, 0.29) is 30.2 Å². The normalized spacial score (nSPS) is 12.8. The minimum Gasteiger partial charge on any atom is -0.352 e. The van der Waals surface area contributed by atoms with Gasteiger partial charge in [0.1, 0.15) is 6.04 Å². The van der Waals surface area contributed by atoms with Gasteiger partial charge in [0.25, 0.3) is 0 Å². The number of rotatable bonds is 10. The molecular weight excluding hydrogens is 519 g/mol. The molecule has 0 aliphatic carbocycles. The number of amides is 2. The van der Waals surface area contributed by atoms with Crippen LogP contribution in [0, 0.1) is 0 Å². The molecule has 0 unspecified atom stereocenters. The molecule has 2 aromatic carbocycles. The van der Waals surface area contributed by atoms with E-state index in [1.165, 1.54) is 11.8 Å². The molecule has 2 rings (SSSR count). The Morgan fingerprint density at radius 1 is 1.13 bits per heavy atom. The molecule has 4 nitrogen and oxygen atoms in total. The van der Waals surface area contributed by atoms with Gasteiger partial charge in [-0.1, -0.05) is 64.3 Å². The van der Waals surface area contributed by atoms with E-state index in [1.807, 2.05) is 38.1 Å². The zero-order chi connectivity index (χ0) is 23.0. The molecule has 8 heteroatoms. The third-order valence-electron chi connectivity index (χ3n) is 4.93. The molecule has 0 aliphatic rings. The summed E-state index contributed by atoms with van der Waals surface area (Å²) in [5, 5.41) is 3.96. The van der Waals surface area contributed by atoms with Crippen LogP contribution in [0.4, 0.5) is 0 Å². The van der Waals surface area contributed by atoms with Crippen molar-refractivity contribution in [1.29, 1.82) is 0 Å². The van der Waals surface area contributed by atoms with Gasteiger partial charge in [-0.25, -0.2) is 0 Å². The summed E-state index contributed by atoms with van der Waals surface area (Å²) in [6.07, 6.45) is 0.818. The topological polar surface area (TPSA) is 49.4 Å². The first-order valence-electron chi connectivity index (χ1n) is 10.1. The lowest BCUT2D eigenvalue weighted by Crippen LogP contribution is -2.50. The van der Waals surface area contributed by atoms with Crippen LogP contribution in [-0.2, 0) is 21.9 Å². The van der Waals surface area contributed by atoms with E-state index in [2.05, 4.69) is 21.2 Å². The summed E-state index contributed by atoms with van der Waals surface area (Å²) in [5.41, 5.74) is 1.89. The highest BCUT2D eigenvalue weighted by Gasteiger charge is 2.27. The lowest BCUT2D eigenvalue weighted by Gasteiger charge is -2.30. The number of halogens is 3. The minimum atomic E-state index is -0.624. The van der Waals surface area contributed by atoms with Crippen molar-refractivity contribution >= 4 is 62.7 Å². The van der Waals surface area contributed by atoms with E-state index < -0.39 is 6.04 Å². The number of nitrogens with zero attached hydrogens (tertiary/aromatic N) is 1. The Morgan fingerprint density at radius 3 is 2.42 bits per heavy atom. The van der Waals surface area contributed by atoms with Crippen LogP contribution in [0.1, 0.15) is 38.3 Å². The average Bonchev–Trinajstić information content (AvgIpc) is 2.73. The van der Waals surface area contributed by atoms with Crippen molar-refractivity contribution in [2.24, 2.45) is 0 Å². The van der Waals surface area contributed by atoms with Gasteiger partial charge in [0.05, 0.1) is 5.75 Å². The van der Waals surface area contributed by atoms with Crippen molar-refractivity contribution in [3.05, 3.63) is 68.1 Å². The van der Waals surface area contributed by atoms with Crippen molar-refractivity contribution in [3.63, 3.8) is 0 Å². The monoisotopic (exact) mass is 544 g/mol. The third-order valence-corrected chi connectivity index (χ3v) is 7.04. The predicted octanol–water partition coefficient (Wildman–Crippen LogP) is 6.32. The summed E-state index contributed by atoms with van der Waals surface area (Å²) in [5.74, 6) is 0.690. The summed E-state index contributed by atoms with van der Waals surface area (Å²) < 4.78 is 1.02. The number of carbonyl (C=O) groups is 2. The number of hydrogen-bond donors (Lipinski definition) is 1. The second-order valence-electron chi connectivity index (χ2n) is 7.37. The van der Waals surface area contributed by atoms with E-state index in [1.54, 1.807) is 30.0 Å². The molecule has 0 aromatic heterocycles. The van der Waals surface area contributed by atoms with Crippen LogP contribution in [0.15, 0.2) is 46.9 Å². The predicted molar refractivity (Wildman–Crippen MR) is 135 cm³/mol. The Kier molecular flexibility index (Phi) is 10.7. The maximum absolute atomic E-state index is 13.1. The van der Waals surface area contributed by atoms with Crippen molar-refractivity contribution < 1.29 is 9.59 Å². The molecule has 0 heterocycles. The smallest absolute Gasteiger partial charge is 0.242 e. The van der Waals surface area contributed by atoms with Crippen LogP contribution >= 0.6 is 50.9 Å². The molecule has 2 amide bonds. The van der Waals surface area contributed by atoms with E-state index in [9.17, 15) is 9.59 Å².